The first-order chi connectivity index (χ1) is 13.2. The number of hydrogen-bond donors (Lipinski definition) is 2. The predicted octanol–water partition coefficient (Wildman–Crippen LogP) is 3.82. The number of pyridine rings is 1. The molecule has 0 aliphatic carbocycles. The molecule has 7 nitrogen and oxygen atoms in total. The van der Waals surface area contributed by atoms with Gasteiger partial charge in [0.2, 0.25) is 0 Å². The normalized spacial score (nSPS) is 17.3. The Morgan fingerprint density at radius 1 is 1.29 bits per heavy atom. The Bertz CT molecular complexity index is 947. The van der Waals surface area contributed by atoms with Crippen LogP contribution in [0.1, 0.15) is 32.0 Å². The first-order valence-corrected chi connectivity index (χ1v) is 8.99. The lowest BCUT2D eigenvalue weighted by Gasteiger charge is -2.50. The maximum Gasteiger partial charge on any atom is 0.412 e. The zero-order chi connectivity index (χ0) is 20.1. The molecule has 1 spiro atoms. The molecule has 8 heteroatoms. The van der Waals surface area contributed by atoms with E-state index in [1.807, 2.05) is 6.07 Å². The van der Waals surface area contributed by atoms with Gasteiger partial charge in [-0.3, -0.25) is 10.3 Å². The highest BCUT2D eigenvalue weighted by molar-refractivity contribution is 5.92. The van der Waals surface area contributed by atoms with Crippen LogP contribution in [0.3, 0.4) is 0 Å². The molecular weight excluding hydrogens is 363 g/mol. The summed E-state index contributed by atoms with van der Waals surface area (Å²) in [6, 6.07) is 7.45. The van der Waals surface area contributed by atoms with Gasteiger partial charge in [-0.2, -0.15) is 0 Å². The first kappa shape index (κ1) is 18.2. The summed E-state index contributed by atoms with van der Waals surface area (Å²) >= 11 is 0. The lowest BCUT2D eigenvalue weighted by Crippen LogP contribution is -2.65. The van der Waals surface area contributed by atoms with Crippen molar-refractivity contribution in [2.24, 2.45) is 0 Å². The van der Waals surface area contributed by atoms with Gasteiger partial charge in [0.05, 0.1) is 30.7 Å². The van der Waals surface area contributed by atoms with Crippen molar-refractivity contribution in [3.63, 3.8) is 0 Å². The van der Waals surface area contributed by atoms with Gasteiger partial charge in [0.1, 0.15) is 5.82 Å². The number of carbonyl (C=O) groups is 2. The van der Waals surface area contributed by atoms with Crippen molar-refractivity contribution in [3.05, 3.63) is 53.6 Å². The number of benzene rings is 1. The largest absolute Gasteiger partial charge is 0.434 e. The molecule has 0 atom stereocenters. The molecule has 3 amide bonds. The van der Waals surface area contributed by atoms with E-state index in [9.17, 15) is 14.0 Å². The lowest BCUT2D eigenvalue weighted by atomic mass is 9.84. The quantitative estimate of drug-likeness (QED) is 0.783. The number of aromatic nitrogens is 1. The summed E-state index contributed by atoms with van der Waals surface area (Å²) in [7, 11) is 0. The molecule has 28 heavy (non-hydrogen) atoms. The fourth-order valence-corrected chi connectivity index (χ4v) is 3.43. The second-order valence-electron chi connectivity index (χ2n) is 8.17. The van der Waals surface area contributed by atoms with Gasteiger partial charge in [0, 0.05) is 16.7 Å². The third-order valence-corrected chi connectivity index (χ3v) is 4.96. The summed E-state index contributed by atoms with van der Waals surface area (Å²) in [6.07, 6.45) is 1.00. The summed E-state index contributed by atoms with van der Waals surface area (Å²) in [5.74, 6) is -0.425. The van der Waals surface area contributed by atoms with Crippen LogP contribution in [0.4, 0.5) is 25.4 Å². The molecule has 146 valence electrons. The van der Waals surface area contributed by atoms with E-state index >= 15 is 0 Å². The van der Waals surface area contributed by atoms with Crippen LogP contribution in [-0.2, 0) is 15.8 Å². The van der Waals surface area contributed by atoms with Gasteiger partial charge in [0.25, 0.3) is 0 Å². The maximum atomic E-state index is 13.7. The van der Waals surface area contributed by atoms with E-state index in [-0.39, 0.29) is 24.5 Å². The number of anilines is 2. The highest BCUT2D eigenvalue weighted by Crippen LogP contribution is 2.43. The second-order valence-corrected chi connectivity index (χ2v) is 8.17. The van der Waals surface area contributed by atoms with Gasteiger partial charge in [-0.05, 0) is 30.3 Å². The number of urea groups is 1. The van der Waals surface area contributed by atoms with Crippen LogP contribution < -0.4 is 10.6 Å². The molecule has 0 radical (unpaired) electrons. The number of nitrogens with zero attached hydrogens (tertiary/aromatic N) is 2. The van der Waals surface area contributed by atoms with Crippen LogP contribution in [-0.4, -0.2) is 35.1 Å². The van der Waals surface area contributed by atoms with Gasteiger partial charge < -0.3 is 15.0 Å². The SMILES string of the molecule is CC(C)(C)c1ccc(NC(=O)N2CC3(C2)OC(=O)Nc2ccc(F)cc23)cn1. The van der Waals surface area contributed by atoms with E-state index in [1.165, 1.54) is 23.1 Å². The summed E-state index contributed by atoms with van der Waals surface area (Å²) < 4.78 is 19.1. The first-order valence-electron chi connectivity index (χ1n) is 8.99. The molecular formula is C20H21FN4O3. The molecule has 1 saturated heterocycles. The van der Waals surface area contributed by atoms with Gasteiger partial charge >= 0.3 is 12.1 Å². The maximum absolute atomic E-state index is 13.7. The Hall–Kier alpha value is -3.16. The van der Waals surface area contributed by atoms with Crippen molar-refractivity contribution in [1.82, 2.24) is 9.88 Å². The molecule has 1 aromatic heterocycles. The molecule has 2 N–H and O–H groups in total. The molecule has 2 aliphatic heterocycles. The highest BCUT2D eigenvalue weighted by atomic mass is 19.1. The van der Waals surface area contributed by atoms with E-state index in [4.69, 9.17) is 4.74 Å². The van der Waals surface area contributed by atoms with Gasteiger partial charge in [-0.15, -0.1) is 0 Å². The summed E-state index contributed by atoms with van der Waals surface area (Å²) in [4.78, 5) is 30.3. The van der Waals surface area contributed by atoms with Gasteiger partial charge in [0.15, 0.2) is 5.60 Å². The number of halogens is 1. The molecule has 0 bridgehead atoms. The summed E-state index contributed by atoms with van der Waals surface area (Å²) in [5, 5.41) is 5.34. The standard InChI is InChI=1S/C20H21FN4O3/c1-19(2,3)16-7-5-13(9-22-16)23-17(26)25-10-20(11-25)14-8-12(21)4-6-15(14)24-18(27)28-20/h4-9H,10-11H2,1-3H3,(H,23,26)(H,24,27). The number of likely N-dealkylation sites (tertiary alicyclic amines) is 1. The van der Waals surface area contributed by atoms with E-state index in [2.05, 4.69) is 36.4 Å². The van der Waals surface area contributed by atoms with Crippen molar-refractivity contribution in [1.29, 1.82) is 0 Å². The Kier molecular flexibility index (Phi) is 4.02. The van der Waals surface area contributed by atoms with Crippen LogP contribution >= 0.6 is 0 Å². The number of hydrogen-bond acceptors (Lipinski definition) is 4. The van der Waals surface area contributed by atoms with Crippen LogP contribution in [0.5, 0.6) is 0 Å². The third-order valence-electron chi connectivity index (χ3n) is 4.96. The van der Waals surface area contributed by atoms with E-state index < -0.39 is 17.5 Å². The molecule has 0 unspecified atom stereocenters. The smallest absolute Gasteiger partial charge is 0.412 e. The monoisotopic (exact) mass is 384 g/mol. The fraction of sp³-hybridized carbons (Fsp3) is 0.350. The summed E-state index contributed by atoms with van der Waals surface area (Å²) in [5.41, 5.74) is 1.44. The third kappa shape index (κ3) is 3.15. The minimum Gasteiger partial charge on any atom is -0.434 e. The van der Waals surface area contributed by atoms with E-state index in [1.54, 1.807) is 12.3 Å². The van der Waals surface area contributed by atoms with Crippen molar-refractivity contribution < 1.29 is 18.7 Å². The fourth-order valence-electron chi connectivity index (χ4n) is 3.43. The number of rotatable bonds is 1. The van der Waals surface area contributed by atoms with Crippen LogP contribution in [0, 0.1) is 5.82 Å². The van der Waals surface area contributed by atoms with Crippen LogP contribution in [0.2, 0.25) is 0 Å². The zero-order valence-electron chi connectivity index (χ0n) is 15.9. The Labute approximate surface area is 161 Å². The lowest BCUT2D eigenvalue weighted by molar-refractivity contribution is -0.0856. The Balaban J connectivity index is 1.46. The number of carbonyl (C=O) groups excluding carboxylic acids is 2. The van der Waals surface area contributed by atoms with E-state index in [0.717, 1.165) is 5.69 Å². The number of nitrogens with one attached hydrogen (secondary N) is 2. The average Bonchev–Trinajstić information content (AvgIpc) is 2.59. The second kappa shape index (κ2) is 6.19. The van der Waals surface area contributed by atoms with Crippen molar-refractivity contribution in [2.45, 2.75) is 31.8 Å². The van der Waals surface area contributed by atoms with Crippen LogP contribution in [0.15, 0.2) is 36.5 Å². The highest BCUT2D eigenvalue weighted by Gasteiger charge is 2.53. The zero-order valence-corrected chi connectivity index (χ0v) is 15.9. The van der Waals surface area contributed by atoms with Crippen molar-refractivity contribution >= 4 is 23.5 Å². The predicted molar refractivity (Wildman–Crippen MR) is 102 cm³/mol. The minimum absolute atomic E-state index is 0.0754. The number of fused-ring (bicyclic) bond motifs is 2. The van der Waals surface area contributed by atoms with E-state index in [0.29, 0.717) is 16.9 Å². The number of amides is 3. The molecule has 1 fully saturated rings. The van der Waals surface area contributed by atoms with Gasteiger partial charge in [-0.1, -0.05) is 20.8 Å². The molecule has 2 aliphatic rings. The Morgan fingerprint density at radius 3 is 2.68 bits per heavy atom. The molecule has 4 rings (SSSR count). The van der Waals surface area contributed by atoms with Gasteiger partial charge in [-0.25, -0.2) is 14.0 Å². The van der Waals surface area contributed by atoms with Crippen LogP contribution in [0.25, 0.3) is 0 Å². The molecule has 0 saturated carbocycles. The minimum atomic E-state index is -1.02. The Morgan fingerprint density at radius 2 is 2.04 bits per heavy atom. The topological polar surface area (TPSA) is 83.6 Å². The van der Waals surface area contributed by atoms with Crippen molar-refractivity contribution in [2.75, 3.05) is 23.7 Å². The summed E-state index contributed by atoms with van der Waals surface area (Å²) in [6.45, 7) is 6.49. The number of ether oxygens (including phenoxy) is 1. The van der Waals surface area contributed by atoms with Crippen molar-refractivity contribution in [3.8, 4) is 0 Å². The average molecular weight is 384 g/mol. The molecule has 2 aromatic rings. The molecule has 3 heterocycles. The molecule has 1 aromatic carbocycles.